The molecule has 2 N–H and O–H groups in total. The molecule has 29 heavy (non-hydrogen) atoms. The van der Waals surface area contributed by atoms with Gasteiger partial charge in [-0.25, -0.2) is 4.99 Å². The van der Waals surface area contributed by atoms with Gasteiger partial charge in [0.25, 0.3) is 0 Å². The van der Waals surface area contributed by atoms with E-state index in [1.165, 1.54) is 13.2 Å². The highest BCUT2D eigenvalue weighted by Gasteiger charge is 2.44. The van der Waals surface area contributed by atoms with Gasteiger partial charge in [-0.3, -0.25) is 4.68 Å². The van der Waals surface area contributed by atoms with Gasteiger partial charge in [-0.15, -0.1) is 24.0 Å². The molecule has 1 aliphatic carbocycles. The summed E-state index contributed by atoms with van der Waals surface area (Å²) in [5.41, 5.74) is 0.303. The number of hydrogen-bond donors (Lipinski definition) is 2. The third-order valence-electron chi connectivity index (χ3n) is 4.81. The number of alkyl halides is 3. The van der Waals surface area contributed by atoms with Crippen molar-refractivity contribution in [3.63, 3.8) is 0 Å². The van der Waals surface area contributed by atoms with E-state index in [0.29, 0.717) is 24.1 Å². The molecule has 1 heterocycles. The Morgan fingerprint density at radius 3 is 2.62 bits per heavy atom. The van der Waals surface area contributed by atoms with Gasteiger partial charge in [0.2, 0.25) is 0 Å². The molecule has 0 atom stereocenters. The van der Waals surface area contributed by atoms with Crippen LogP contribution >= 0.6 is 35.6 Å². The van der Waals surface area contributed by atoms with Crippen LogP contribution in [0.3, 0.4) is 0 Å². The first-order valence-electron chi connectivity index (χ1n) is 9.11. The van der Waals surface area contributed by atoms with Gasteiger partial charge in [-0.05, 0) is 37.5 Å². The number of hydrogen-bond acceptors (Lipinski definition) is 2. The lowest BCUT2D eigenvalue weighted by molar-refractivity contribution is -0.142. The molecule has 2 aromatic rings. The summed E-state index contributed by atoms with van der Waals surface area (Å²) in [5.74, 6) is 0.479. The van der Waals surface area contributed by atoms with Crippen molar-refractivity contribution in [1.29, 1.82) is 0 Å². The molecule has 5 nitrogen and oxygen atoms in total. The van der Waals surface area contributed by atoms with E-state index in [4.69, 9.17) is 11.6 Å². The number of aliphatic imine (C=N–C) groups is 1. The van der Waals surface area contributed by atoms with Crippen LogP contribution in [-0.4, -0.2) is 28.8 Å². The van der Waals surface area contributed by atoms with Gasteiger partial charge in [0.05, 0.1) is 6.54 Å². The lowest BCUT2D eigenvalue weighted by Gasteiger charge is -2.19. The molecule has 0 radical (unpaired) electrons. The minimum absolute atomic E-state index is 0. The van der Waals surface area contributed by atoms with E-state index in [9.17, 15) is 13.2 Å². The number of rotatable bonds is 6. The summed E-state index contributed by atoms with van der Waals surface area (Å²) in [6.45, 7) is 3.04. The highest BCUT2D eigenvalue weighted by Crippen LogP contribution is 2.48. The quantitative estimate of drug-likeness (QED) is 0.322. The summed E-state index contributed by atoms with van der Waals surface area (Å²) < 4.78 is 40.5. The molecule has 1 aromatic carbocycles. The Balaban J connectivity index is 0.00000300. The zero-order chi connectivity index (χ0) is 20.4. The lowest BCUT2D eigenvalue weighted by Crippen LogP contribution is -2.41. The highest BCUT2D eigenvalue weighted by atomic mass is 127. The summed E-state index contributed by atoms with van der Waals surface area (Å²) in [4.78, 5) is 4.33. The van der Waals surface area contributed by atoms with Crippen molar-refractivity contribution >= 4 is 41.5 Å². The van der Waals surface area contributed by atoms with Crippen LogP contribution in [0.15, 0.2) is 35.5 Å². The summed E-state index contributed by atoms with van der Waals surface area (Å²) in [6, 6.07) is 7.78. The molecule has 0 unspecified atom stereocenters. The summed E-state index contributed by atoms with van der Waals surface area (Å²) >= 11 is 6.11. The van der Waals surface area contributed by atoms with E-state index in [1.807, 2.05) is 25.1 Å². The average Bonchev–Trinajstić information content (AvgIpc) is 3.32. The van der Waals surface area contributed by atoms with Crippen LogP contribution in [0.1, 0.15) is 36.6 Å². The van der Waals surface area contributed by atoms with Gasteiger partial charge in [-0.2, -0.15) is 18.3 Å². The minimum Gasteiger partial charge on any atom is -0.357 e. The minimum atomic E-state index is -4.50. The van der Waals surface area contributed by atoms with E-state index < -0.39 is 11.9 Å². The lowest BCUT2D eigenvalue weighted by atomic mass is 9.96. The number of guanidine groups is 1. The topological polar surface area (TPSA) is 54.2 Å². The van der Waals surface area contributed by atoms with Crippen molar-refractivity contribution in [2.45, 2.75) is 37.9 Å². The van der Waals surface area contributed by atoms with Gasteiger partial charge in [0.1, 0.15) is 0 Å². The number of aromatic nitrogens is 2. The molecule has 3 rings (SSSR count). The van der Waals surface area contributed by atoms with E-state index in [0.717, 1.165) is 23.1 Å². The number of aryl methyl sites for hydroxylation is 1. The predicted octanol–water partition coefficient (Wildman–Crippen LogP) is 4.50. The second-order valence-corrected chi connectivity index (χ2v) is 7.45. The van der Waals surface area contributed by atoms with E-state index >= 15 is 0 Å². The first-order valence-corrected chi connectivity index (χ1v) is 9.49. The molecule has 0 aliphatic heterocycles. The molecule has 1 aromatic heterocycles. The molecule has 0 bridgehead atoms. The molecule has 0 amide bonds. The molecular formula is C19H24ClF3IN5. The fraction of sp³-hybridized carbons (Fsp3) is 0.474. The number of benzene rings is 1. The Morgan fingerprint density at radius 1 is 1.31 bits per heavy atom. The Bertz CT molecular complexity index is 862. The van der Waals surface area contributed by atoms with Gasteiger partial charge >= 0.3 is 6.18 Å². The van der Waals surface area contributed by atoms with Gasteiger partial charge < -0.3 is 10.6 Å². The van der Waals surface area contributed by atoms with Gasteiger partial charge in [0, 0.05) is 42.3 Å². The summed E-state index contributed by atoms with van der Waals surface area (Å²) in [6.07, 6.45) is -1.09. The SMILES string of the molecule is CCNC(=NCc1cn(C)nc1C(F)(F)F)NCC1(c2cccc(Cl)c2)CC1.I. The maximum absolute atomic E-state index is 13.1. The van der Waals surface area contributed by atoms with Crippen molar-refractivity contribution in [2.24, 2.45) is 12.0 Å². The predicted molar refractivity (Wildman–Crippen MR) is 119 cm³/mol. The molecule has 0 spiro atoms. The molecular weight excluding hydrogens is 518 g/mol. The third-order valence-corrected chi connectivity index (χ3v) is 5.04. The van der Waals surface area contributed by atoms with Crippen molar-refractivity contribution < 1.29 is 13.2 Å². The highest BCUT2D eigenvalue weighted by molar-refractivity contribution is 14.0. The van der Waals surface area contributed by atoms with Gasteiger partial charge in [-0.1, -0.05) is 23.7 Å². The maximum atomic E-state index is 13.1. The van der Waals surface area contributed by atoms with Crippen LogP contribution in [0, 0.1) is 0 Å². The second kappa shape index (κ2) is 9.55. The normalized spacial score (nSPS) is 15.6. The van der Waals surface area contributed by atoms with E-state index in [1.54, 1.807) is 0 Å². The molecule has 1 aliphatic rings. The van der Waals surface area contributed by atoms with E-state index in [-0.39, 0.29) is 41.5 Å². The van der Waals surface area contributed by atoms with Crippen LogP contribution in [0.2, 0.25) is 5.02 Å². The summed E-state index contributed by atoms with van der Waals surface area (Å²) in [5, 5.41) is 10.6. The average molecular weight is 542 g/mol. The Hall–Kier alpha value is -1.49. The molecule has 10 heteroatoms. The first kappa shape index (κ1) is 23.8. The van der Waals surface area contributed by atoms with Crippen LogP contribution in [-0.2, 0) is 25.2 Å². The second-order valence-electron chi connectivity index (χ2n) is 7.01. The largest absolute Gasteiger partial charge is 0.435 e. The Morgan fingerprint density at radius 2 is 2.03 bits per heavy atom. The van der Waals surface area contributed by atoms with Crippen molar-refractivity contribution in [3.05, 3.63) is 52.3 Å². The van der Waals surface area contributed by atoms with Crippen molar-refractivity contribution in [2.75, 3.05) is 13.1 Å². The molecule has 0 saturated heterocycles. The smallest absolute Gasteiger partial charge is 0.357 e. The fourth-order valence-corrected chi connectivity index (χ4v) is 3.38. The number of nitrogens with zero attached hydrogens (tertiary/aromatic N) is 3. The number of halogens is 5. The van der Waals surface area contributed by atoms with Crippen LogP contribution in [0.4, 0.5) is 13.2 Å². The molecule has 1 fully saturated rings. The van der Waals surface area contributed by atoms with Gasteiger partial charge in [0.15, 0.2) is 11.7 Å². The molecule has 160 valence electrons. The zero-order valence-corrected chi connectivity index (χ0v) is 19.3. The van der Waals surface area contributed by atoms with E-state index in [2.05, 4.69) is 26.8 Å². The number of nitrogens with one attached hydrogen (secondary N) is 2. The van der Waals surface area contributed by atoms with Crippen LogP contribution < -0.4 is 10.6 Å². The fourth-order valence-electron chi connectivity index (χ4n) is 3.19. The standard InChI is InChI=1S/C19H23ClF3N5.HI/c1-3-24-17(25-10-13-11-28(2)27-16(13)19(21,22)23)26-12-18(7-8-18)14-5-4-6-15(20)9-14;/h4-6,9,11H,3,7-8,10,12H2,1-2H3,(H2,24,25,26);1H. The van der Waals surface area contributed by atoms with Crippen LogP contribution in [0.25, 0.3) is 0 Å². The van der Waals surface area contributed by atoms with Crippen molar-refractivity contribution in [1.82, 2.24) is 20.4 Å². The Labute approximate surface area is 190 Å². The first-order chi connectivity index (χ1) is 13.2. The monoisotopic (exact) mass is 541 g/mol. The van der Waals surface area contributed by atoms with Crippen molar-refractivity contribution in [3.8, 4) is 0 Å². The zero-order valence-electron chi connectivity index (χ0n) is 16.2. The third kappa shape index (κ3) is 6.00. The Kier molecular flexibility index (Phi) is 7.83. The summed E-state index contributed by atoms with van der Waals surface area (Å²) in [7, 11) is 1.47. The van der Waals surface area contributed by atoms with Crippen LogP contribution in [0.5, 0.6) is 0 Å². The maximum Gasteiger partial charge on any atom is 0.435 e. The molecule has 1 saturated carbocycles.